The van der Waals surface area contributed by atoms with Crippen molar-refractivity contribution in [3.8, 4) is 0 Å². The Labute approximate surface area is 132 Å². The van der Waals surface area contributed by atoms with E-state index in [0.29, 0.717) is 23.2 Å². The molecule has 0 aliphatic carbocycles. The standard InChI is InChI=1S/C16H17N3O4/c1-3-4-7-23-15(22)9-19-14-6-5-12(17-10-20)8-13(14)16(18-19)11(2)21/h5-6,8H,3-4,7,9H2,1-2H3. The van der Waals surface area contributed by atoms with E-state index in [4.69, 9.17) is 4.74 Å². The van der Waals surface area contributed by atoms with Crippen LogP contribution in [0, 0.1) is 0 Å². The molecule has 0 radical (unpaired) electrons. The molecule has 0 fully saturated rings. The number of aromatic nitrogens is 2. The average Bonchev–Trinajstić information content (AvgIpc) is 2.86. The van der Waals surface area contributed by atoms with Crippen LogP contribution in [-0.2, 0) is 20.9 Å². The number of ketones is 1. The van der Waals surface area contributed by atoms with Gasteiger partial charge in [0.15, 0.2) is 5.78 Å². The molecule has 23 heavy (non-hydrogen) atoms. The third kappa shape index (κ3) is 3.90. The number of esters is 1. The predicted octanol–water partition coefficient (Wildman–Crippen LogP) is 2.55. The Kier molecular flexibility index (Phi) is 5.38. The van der Waals surface area contributed by atoms with Gasteiger partial charge in [-0.1, -0.05) is 13.3 Å². The lowest BCUT2D eigenvalue weighted by Crippen LogP contribution is -2.15. The summed E-state index contributed by atoms with van der Waals surface area (Å²) >= 11 is 0. The van der Waals surface area contributed by atoms with Crippen molar-refractivity contribution in [3.63, 3.8) is 0 Å². The first-order chi connectivity index (χ1) is 11.1. The normalized spacial score (nSPS) is 10.3. The van der Waals surface area contributed by atoms with Crippen molar-refractivity contribution in [1.29, 1.82) is 0 Å². The second-order valence-electron chi connectivity index (χ2n) is 5.04. The lowest BCUT2D eigenvalue weighted by molar-refractivity contribution is -0.144. The number of Topliss-reactive ketones (excluding diaryl/α,β-unsaturated/α-hetero) is 1. The number of carbonyl (C=O) groups excluding carboxylic acids is 3. The molecule has 0 aliphatic rings. The van der Waals surface area contributed by atoms with E-state index in [-0.39, 0.29) is 18.0 Å². The van der Waals surface area contributed by atoms with Gasteiger partial charge in [0.1, 0.15) is 12.2 Å². The zero-order chi connectivity index (χ0) is 16.8. The Balaban J connectivity index is 2.35. The highest BCUT2D eigenvalue weighted by atomic mass is 16.5. The highest BCUT2D eigenvalue weighted by molar-refractivity contribution is 6.05. The van der Waals surface area contributed by atoms with Crippen LogP contribution >= 0.6 is 0 Å². The molecule has 0 saturated carbocycles. The van der Waals surface area contributed by atoms with E-state index in [1.54, 1.807) is 18.2 Å². The number of benzene rings is 1. The summed E-state index contributed by atoms with van der Waals surface area (Å²) in [5, 5.41) is 4.72. The minimum Gasteiger partial charge on any atom is -0.464 e. The van der Waals surface area contributed by atoms with Crippen LogP contribution in [0.25, 0.3) is 10.9 Å². The first-order valence-corrected chi connectivity index (χ1v) is 7.31. The molecule has 0 bridgehead atoms. The Bertz CT molecular complexity index is 788. The van der Waals surface area contributed by atoms with Crippen LogP contribution in [0.2, 0.25) is 0 Å². The van der Waals surface area contributed by atoms with Gasteiger partial charge >= 0.3 is 5.97 Å². The van der Waals surface area contributed by atoms with Crippen LogP contribution in [0.3, 0.4) is 0 Å². The van der Waals surface area contributed by atoms with Crippen molar-refractivity contribution in [2.75, 3.05) is 6.61 Å². The molecule has 1 aromatic heterocycles. The van der Waals surface area contributed by atoms with Gasteiger partial charge in [0.25, 0.3) is 0 Å². The molecule has 0 spiro atoms. The summed E-state index contributed by atoms with van der Waals surface area (Å²) in [6.45, 7) is 3.69. The van der Waals surface area contributed by atoms with E-state index >= 15 is 0 Å². The highest BCUT2D eigenvalue weighted by Gasteiger charge is 2.16. The monoisotopic (exact) mass is 315 g/mol. The van der Waals surface area contributed by atoms with Crippen LogP contribution in [0.5, 0.6) is 0 Å². The summed E-state index contributed by atoms with van der Waals surface area (Å²) in [6.07, 6.45) is 3.19. The number of unbranched alkanes of at least 4 members (excludes halogenated alkanes) is 1. The molecular formula is C16H17N3O4. The molecule has 0 aliphatic heterocycles. The van der Waals surface area contributed by atoms with Crippen LogP contribution in [0.15, 0.2) is 23.2 Å². The topological polar surface area (TPSA) is 90.6 Å². The number of aliphatic imine (C=N–C) groups is 1. The lowest BCUT2D eigenvalue weighted by Gasteiger charge is -2.05. The van der Waals surface area contributed by atoms with Crippen LogP contribution < -0.4 is 0 Å². The van der Waals surface area contributed by atoms with Gasteiger partial charge in [-0.15, -0.1) is 0 Å². The number of carbonyl (C=O) groups is 2. The van der Waals surface area contributed by atoms with Crippen molar-refractivity contribution >= 4 is 34.4 Å². The molecule has 1 aromatic carbocycles. The quantitative estimate of drug-likeness (QED) is 0.257. The second kappa shape index (κ2) is 7.47. The summed E-state index contributed by atoms with van der Waals surface area (Å²) in [7, 11) is 0. The lowest BCUT2D eigenvalue weighted by atomic mass is 10.1. The minimum atomic E-state index is -0.409. The van der Waals surface area contributed by atoms with Gasteiger partial charge in [0.05, 0.1) is 17.8 Å². The fourth-order valence-corrected chi connectivity index (χ4v) is 2.17. The van der Waals surface area contributed by atoms with E-state index < -0.39 is 5.97 Å². The zero-order valence-corrected chi connectivity index (χ0v) is 13.0. The minimum absolute atomic E-state index is 0.0796. The Morgan fingerprint density at radius 3 is 2.83 bits per heavy atom. The third-order valence-corrected chi connectivity index (χ3v) is 3.28. The van der Waals surface area contributed by atoms with Crippen molar-refractivity contribution in [2.45, 2.75) is 33.2 Å². The Morgan fingerprint density at radius 2 is 2.17 bits per heavy atom. The van der Waals surface area contributed by atoms with Gasteiger partial charge in [-0.2, -0.15) is 10.1 Å². The SMILES string of the molecule is CCCCOC(=O)Cn1nc(C(C)=O)c2cc(N=C=O)ccc21. The maximum absolute atomic E-state index is 11.8. The highest BCUT2D eigenvalue weighted by Crippen LogP contribution is 2.24. The fourth-order valence-electron chi connectivity index (χ4n) is 2.17. The first-order valence-electron chi connectivity index (χ1n) is 7.31. The third-order valence-electron chi connectivity index (χ3n) is 3.28. The molecule has 2 aromatic rings. The number of nitrogens with zero attached hydrogens (tertiary/aromatic N) is 3. The smallest absolute Gasteiger partial charge is 0.327 e. The largest absolute Gasteiger partial charge is 0.464 e. The van der Waals surface area contributed by atoms with Gasteiger partial charge in [-0.25, -0.2) is 4.79 Å². The summed E-state index contributed by atoms with van der Waals surface area (Å²) < 4.78 is 6.54. The average molecular weight is 315 g/mol. The van der Waals surface area contributed by atoms with Crippen LogP contribution in [0.4, 0.5) is 5.69 Å². The molecule has 7 nitrogen and oxygen atoms in total. The molecule has 120 valence electrons. The maximum atomic E-state index is 11.8. The fraction of sp³-hybridized carbons (Fsp3) is 0.375. The van der Waals surface area contributed by atoms with E-state index in [1.807, 2.05) is 6.92 Å². The first kappa shape index (κ1) is 16.6. The van der Waals surface area contributed by atoms with E-state index in [9.17, 15) is 14.4 Å². The number of ether oxygens (including phenoxy) is 1. The van der Waals surface area contributed by atoms with Gasteiger partial charge in [-0.3, -0.25) is 14.3 Å². The molecule has 0 unspecified atom stereocenters. The number of hydrogen-bond donors (Lipinski definition) is 0. The molecule has 0 N–H and O–H groups in total. The molecule has 0 amide bonds. The molecule has 0 atom stereocenters. The molecule has 7 heteroatoms. The van der Waals surface area contributed by atoms with E-state index in [2.05, 4.69) is 10.1 Å². The van der Waals surface area contributed by atoms with E-state index in [0.717, 1.165) is 12.8 Å². The summed E-state index contributed by atoms with van der Waals surface area (Å²) in [5.74, 6) is -0.645. The van der Waals surface area contributed by atoms with Crippen molar-refractivity contribution < 1.29 is 19.1 Å². The summed E-state index contributed by atoms with van der Waals surface area (Å²) in [6, 6.07) is 4.82. The van der Waals surface area contributed by atoms with Gasteiger partial charge in [-0.05, 0) is 24.6 Å². The number of hydrogen-bond acceptors (Lipinski definition) is 6. The number of fused-ring (bicyclic) bond motifs is 1. The molecule has 0 saturated heterocycles. The second-order valence-corrected chi connectivity index (χ2v) is 5.04. The molecular weight excluding hydrogens is 298 g/mol. The van der Waals surface area contributed by atoms with Gasteiger partial charge in [0, 0.05) is 12.3 Å². The van der Waals surface area contributed by atoms with Crippen molar-refractivity contribution in [2.24, 2.45) is 4.99 Å². The summed E-state index contributed by atoms with van der Waals surface area (Å²) in [5.41, 5.74) is 1.21. The number of isocyanates is 1. The Morgan fingerprint density at radius 1 is 1.39 bits per heavy atom. The zero-order valence-electron chi connectivity index (χ0n) is 13.0. The predicted molar refractivity (Wildman–Crippen MR) is 83.4 cm³/mol. The van der Waals surface area contributed by atoms with Gasteiger partial charge < -0.3 is 4.74 Å². The summed E-state index contributed by atoms with van der Waals surface area (Å²) in [4.78, 5) is 37.5. The van der Waals surface area contributed by atoms with Crippen molar-refractivity contribution in [3.05, 3.63) is 23.9 Å². The number of rotatable bonds is 7. The maximum Gasteiger partial charge on any atom is 0.327 e. The van der Waals surface area contributed by atoms with Crippen LogP contribution in [-0.4, -0.2) is 34.2 Å². The molecule has 1 heterocycles. The van der Waals surface area contributed by atoms with Crippen LogP contribution in [0.1, 0.15) is 37.2 Å². The molecule has 2 rings (SSSR count). The van der Waals surface area contributed by atoms with Crippen molar-refractivity contribution in [1.82, 2.24) is 9.78 Å². The van der Waals surface area contributed by atoms with E-state index in [1.165, 1.54) is 17.7 Å². The Hall–Kier alpha value is -2.79. The van der Waals surface area contributed by atoms with Gasteiger partial charge in [0.2, 0.25) is 6.08 Å².